The summed E-state index contributed by atoms with van der Waals surface area (Å²) in [5, 5.41) is 3.41. The molecule has 2 aromatic rings. The molecule has 0 aliphatic rings. The summed E-state index contributed by atoms with van der Waals surface area (Å²) in [6.45, 7) is 12.4. The Morgan fingerprint density at radius 2 is 1.90 bits per heavy atom. The average molecular weight is 413 g/mol. The molecule has 0 fully saturated rings. The molecular weight excluding hydrogens is 376 g/mol. The normalized spacial score (nSPS) is 11.2. The van der Waals surface area contributed by atoms with Crippen LogP contribution in [-0.4, -0.2) is 29.5 Å². The number of nitrogens with one attached hydrogen (secondary N) is 1. The highest BCUT2D eigenvalue weighted by molar-refractivity contribution is 6.10. The van der Waals surface area contributed by atoms with Crippen molar-refractivity contribution in [3.63, 3.8) is 0 Å². The first-order valence-electron chi connectivity index (χ1n) is 11.1. The number of esters is 1. The van der Waals surface area contributed by atoms with Gasteiger partial charge in [0, 0.05) is 48.7 Å². The molecule has 164 valence electrons. The van der Waals surface area contributed by atoms with Crippen molar-refractivity contribution in [2.24, 2.45) is 5.92 Å². The van der Waals surface area contributed by atoms with Crippen LogP contribution in [0.1, 0.15) is 81.3 Å². The van der Waals surface area contributed by atoms with Crippen molar-refractivity contribution in [3.05, 3.63) is 53.3 Å². The SMILES string of the molecule is CCOC(=O)CCCn1cc(C(=O)c2cccc(NCCC(C)C)c2)c(C(C)C)c1. The van der Waals surface area contributed by atoms with Crippen LogP contribution in [0.3, 0.4) is 0 Å². The van der Waals surface area contributed by atoms with E-state index in [0.717, 1.165) is 29.8 Å². The number of benzene rings is 1. The maximum Gasteiger partial charge on any atom is 0.305 e. The number of ketones is 1. The minimum Gasteiger partial charge on any atom is -0.466 e. The van der Waals surface area contributed by atoms with E-state index in [1.54, 1.807) is 0 Å². The molecule has 0 aliphatic heterocycles. The van der Waals surface area contributed by atoms with Gasteiger partial charge in [-0.2, -0.15) is 0 Å². The summed E-state index contributed by atoms with van der Waals surface area (Å²) in [6, 6.07) is 7.74. The molecule has 0 unspecified atom stereocenters. The molecule has 0 atom stereocenters. The minimum atomic E-state index is -0.174. The van der Waals surface area contributed by atoms with Gasteiger partial charge in [-0.3, -0.25) is 9.59 Å². The van der Waals surface area contributed by atoms with Crippen LogP contribution in [0.2, 0.25) is 0 Å². The van der Waals surface area contributed by atoms with Gasteiger partial charge in [-0.25, -0.2) is 0 Å². The number of carbonyl (C=O) groups excluding carboxylic acids is 2. The Labute approximate surface area is 180 Å². The van der Waals surface area contributed by atoms with Crippen LogP contribution >= 0.6 is 0 Å². The molecule has 0 amide bonds. The molecule has 1 heterocycles. The van der Waals surface area contributed by atoms with E-state index in [4.69, 9.17) is 4.74 Å². The van der Waals surface area contributed by atoms with Crippen LogP contribution in [0.15, 0.2) is 36.7 Å². The van der Waals surface area contributed by atoms with Crippen molar-refractivity contribution in [1.29, 1.82) is 0 Å². The lowest BCUT2D eigenvalue weighted by Gasteiger charge is -2.10. The third kappa shape index (κ3) is 7.05. The topological polar surface area (TPSA) is 60.3 Å². The van der Waals surface area contributed by atoms with Crippen LogP contribution in [0, 0.1) is 5.92 Å². The number of rotatable bonds is 12. The van der Waals surface area contributed by atoms with Gasteiger partial charge in [-0.15, -0.1) is 0 Å². The fourth-order valence-corrected chi connectivity index (χ4v) is 3.37. The number of anilines is 1. The molecule has 30 heavy (non-hydrogen) atoms. The second-order valence-corrected chi connectivity index (χ2v) is 8.45. The summed E-state index contributed by atoms with van der Waals surface area (Å²) in [5.41, 5.74) is 3.44. The Morgan fingerprint density at radius 1 is 1.13 bits per heavy atom. The Bertz CT molecular complexity index is 837. The highest BCUT2D eigenvalue weighted by atomic mass is 16.5. The number of aromatic nitrogens is 1. The van der Waals surface area contributed by atoms with Crippen LogP contribution in [-0.2, 0) is 16.1 Å². The average Bonchev–Trinajstić information content (AvgIpc) is 3.12. The first-order chi connectivity index (χ1) is 14.3. The molecule has 5 heteroatoms. The van der Waals surface area contributed by atoms with E-state index in [-0.39, 0.29) is 17.7 Å². The van der Waals surface area contributed by atoms with E-state index in [0.29, 0.717) is 37.5 Å². The van der Waals surface area contributed by atoms with Crippen molar-refractivity contribution in [3.8, 4) is 0 Å². The van der Waals surface area contributed by atoms with E-state index >= 15 is 0 Å². The Hall–Kier alpha value is -2.56. The fourth-order valence-electron chi connectivity index (χ4n) is 3.37. The summed E-state index contributed by atoms with van der Waals surface area (Å²) in [4.78, 5) is 24.8. The monoisotopic (exact) mass is 412 g/mol. The molecule has 0 bridgehead atoms. The summed E-state index contributed by atoms with van der Waals surface area (Å²) >= 11 is 0. The minimum absolute atomic E-state index is 0.0374. The van der Waals surface area contributed by atoms with Gasteiger partial charge in [-0.1, -0.05) is 39.8 Å². The number of hydrogen-bond acceptors (Lipinski definition) is 4. The molecule has 0 spiro atoms. The molecular formula is C25H36N2O3. The smallest absolute Gasteiger partial charge is 0.305 e. The second-order valence-electron chi connectivity index (χ2n) is 8.45. The number of nitrogens with zero attached hydrogens (tertiary/aromatic N) is 1. The van der Waals surface area contributed by atoms with E-state index in [1.807, 2.05) is 48.1 Å². The number of ether oxygens (including phenoxy) is 1. The zero-order valence-electron chi connectivity index (χ0n) is 19.0. The van der Waals surface area contributed by atoms with Crippen LogP contribution in [0.25, 0.3) is 0 Å². The summed E-state index contributed by atoms with van der Waals surface area (Å²) in [7, 11) is 0. The highest BCUT2D eigenvalue weighted by Crippen LogP contribution is 2.25. The Kier molecular flexibility index (Phi) is 9.15. The Balaban J connectivity index is 2.12. The molecule has 1 aromatic heterocycles. The third-order valence-corrected chi connectivity index (χ3v) is 5.06. The standard InChI is InChI=1S/C25H36N2O3/c1-6-30-24(28)11-8-14-27-16-22(19(4)5)23(17-27)25(29)20-9-7-10-21(15-20)26-13-12-18(2)3/h7,9-10,15-19,26H,6,8,11-14H2,1-5H3. The molecule has 0 radical (unpaired) electrons. The summed E-state index contributed by atoms with van der Waals surface area (Å²) in [5.74, 6) is 0.740. The number of hydrogen-bond donors (Lipinski definition) is 1. The van der Waals surface area contributed by atoms with E-state index < -0.39 is 0 Å². The van der Waals surface area contributed by atoms with Gasteiger partial charge in [-0.05, 0) is 49.3 Å². The van der Waals surface area contributed by atoms with Gasteiger partial charge in [0.2, 0.25) is 0 Å². The van der Waals surface area contributed by atoms with Gasteiger partial charge < -0.3 is 14.6 Å². The van der Waals surface area contributed by atoms with Crippen LogP contribution in [0.5, 0.6) is 0 Å². The first-order valence-corrected chi connectivity index (χ1v) is 11.1. The molecule has 5 nitrogen and oxygen atoms in total. The largest absolute Gasteiger partial charge is 0.466 e. The molecule has 0 saturated heterocycles. The van der Waals surface area contributed by atoms with Crippen LogP contribution in [0.4, 0.5) is 5.69 Å². The summed E-state index contributed by atoms with van der Waals surface area (Å²) in [6.07, 6.45) is 6.12. The lowest BCUT2D eigenvalue weighted by molar-refractivity contribution is -0.143. The lowest BCUT2D eigenvalue weighted by Crippen LogP contribution is -2.07. The van der Waals surface area contributed by atoms with E-state index in [1.165, 1.54) is 0 Å². The van der Waals surface area contributed by atoms with Crippen molar-refractivity contribution in [2.75, 3.05) is 18.5 Å². The van der Waals surface area contributed by atoms with Gasteiger partial charge in [0.05, 0.1) is 6.61 Å². The zero-order chi connectivity index (χ0) is 22.1. The number of aryl methyl sites for hydroxylation is 1. The van der Waals surface area contributed by atoms with Crippen molar-refractivity contribution < 1.29 is 14.3 Å². The second kappa shape index (κ2) is 11.6. The quantitative estimate of drug-likeness (QED) is 0.362. The predicted molar refractivity (Wildman–Crippen MR) is 122 cm³/mol. The maximum atomic E-state index is 13.3. The molecule has 1 aromatic carbocycles. The number of carbonyl (C=O) groups is 2. The molecule has 1 N–H and O–H groups in total. The molecule has 0 aliphatic carbocycles. The summed E-state index contributed by atoms with van der Waals surface area (Å²) < 4.78 is 7.01. The predicted octanol–water partition coefficient (Wildman–Crippen LogP) is 5.64. The van der Waals surface area contributed by atoms with Gasteiger partial charge in [0.25, 0.3) is 0 Å². The molecule has 0 saturated carbocycles. The Morgan fingerprint density at radius 3 is 2.57 bits per heavy atom. The molecule has 2 rings (SSSR count). The fraction of sp³-hybridized carbons (Fsp3) is 0.520. The van der Waals surface area contributed by atoms with Crippen molar-refractivity contribution in [1.82, 2.24) is 4.57 Å². The van der Waals surface area contributed by atoms with Gasteiger partial charge in [0.15, 0.2) is 5.78 Å². The zero-order valence-corrected chi connectivity index (χ0v) is 19.0. The lowest BCUT2D eigenvalue weighted by atomic mass is 9.96. The highest BCUT2D eigenvalue weighted by Gasteiger charge is 2.19. The van der Waals surface area contributed by atoms with E-state index in [2.05, 4.69) is 33.0 Å². The van der Waals surface area contributed by atoms with Gasteiger partial charge in [0.1, 0.15) is 0 Å². The van der Waals surface area contributed by atoms with E-state index in [9.17, 15) is 9.59 Å². The first kappa shape index (κ1) is 23.7. The van der Waals surface area contributed by atoms with Crippen molar-refractivity contribution in [2.45, 2.75) is 66.3 Å². The maximum absolute atomic E-state index is 13.3. The van der Waals surface area contributed by atoms with Crippen molar-refractivity contribution >= 4 is 17.4 Å². The van der Waals surface area contributed by atoms with Crippen LogP contribution < -0.4 is 5.32 Å². The third-order valence-electron chi connectivity index (χ3n) is 5.06. The van der Waals surface area contributed by atoms with Gasteiger partial charge >= 0.3 is 5.97 Å².